The van der Waals surface area contributed by atoms with E-state index in [9.17, 15) is 0 Å². The molecule has 3 aromatic rings. The summed E-state index contributed by atoms with van der Waals surface area (Å²) >= 11 is 0. The van der Waals surface area contributed by atoms with Crippen LogP contribution in [0.4, 0.5) is 23.1 Å². The Morgan fingerprint density at radius 2 is 1.66 bits per heavy atom. The number of benzene rings is 1. The van der Waals surface area contributed by atoms with Gasteiger partial charge in [0.15, 0.2) is 17.0 Å². The van der Waals surface area contributed by atoms with Gasteiger partial charge in [-0.05, 0) is 82.2 Å². The number of hydrogen-bond acceptors (Lipinski definition) is 8. The fourth-order valence-corrected chi connectivity index (χ4v) is 5.27. The lowest BCUT2D eigenvalue weighted by Gasteiger charge is -2.27. The molecule has 7 N–H and O–H groups in total. The monoisotopic (exact) mass is 477 g/mol. The van der Waals surface area contributed by atoms with Crippen molar-refractivity contribution in [1.82, 2.24) is 19.5 Å². The van der Waals surface area contributed by atoms with E-state index in [-0.39, 0.29) is 0 Å². The standard InChI is InChI=1S/C26H39N9/c27-15-3-4-16-29-19-11-13-20(14-12-19)31-24-23-25(35(17-30-23)22-5-1-2-6-22)34-26(33-24)32-21-9-7-18(28)8-10-21/h11-14,17-18,21-22,29H,1-10,15-16,27-28H2,(H2,31,32,33,34). The molecule has 9 heteroatoms. The molecule has 1 aromatic carbocycles. The Kier molecular flexibility index (Phi) is 7.63. The molecule has 0 bridgehead atoms. The smallest absolute Gasteiger partial charge is 0.227 e. The average Bonchev–Trinajstić information content (AvgIpc) is 3.54. The number of hydrogen-bond donors (Lipinski definition) is 5. The van der Waals surface area contributed by atoms with Gasteiger partial charge in [-0.25, -0.2) is 4.98 Å². The van der Waals surface area contributed by atoms with Crippen molar-refractivity contribution in [3.05, 3.63) is 30.6 Å². The number of nitrogens with one attached hydrogen (secondary N) is 3. The second-order valence-corrected chi connectivity index (χ2v) is 10.0. The lowest BCUT2D eigenvalue weighted by molar-refractivity contribution is 0.410. The molecule has 0 amide bonds. The van der Waals surface area contributed by atoms with Gasteiger partial charge in [-0.2, -0.15) is 9.97 Å². The molecule has 0 aliphatic heterocycles. The Labute approximate surface area is 207 Å². The molecule has 2 saturated carbocycles. The fourth-order valence-electron chi connectivity index (χ4n) is 5.27. The highest BCUT2D eigenvalue weighted by molar-refractivity contribution is 5.86. The van der Waals surface area contributed by atoms with Crippen molar-refractivity contribution in [1.29, 1.82) is 0 Å². The molecule has 35 heavy (non-hydrogen) atoms. The van der Waals surface area contributed by atoms with Crippen LogP contribution in [0.5, 0.6) is 0 Å². The van der Waals surface area contributed by atoms with Crippen LogP contribution in [-0.4, -0.2) is 44.7 Å². The number of fused-ring (bicyclic) bond motifs is 1. The van der Waals surface area contributed by atoms with Crippen molar-refractivity contribution in [2.75, 3.05) is 29.0 Å². The molecule has 0 spiro atoms. The predicted octanol–water partition coefficient (Wildman–Crippen LogP) is 4.52. The number of anilines is 4. The zero-order valence-electron chi connectivity index (χ0n) is 20.5. The summed E-state index contributed by atoms with van der Waals surface area (Å²) < 4.78 is 2.26. The lowest BCUT2D eigenvalue weighted by Crippen LogP contribution is -2.33. The lowest BCUT2D eigenvalue weighted by atomic mass is 9.92. The molecule has 2 aliphatic carbocycles. The Morgan fingerprint density at radius 1 is 0.914 bits per heavy atom. The number of unbranched alkanes of at least 4 members (excludes halogenated alkanes) is 1. The second kappa shape index (κ2) is 11.2. The summed E-state index contributed by atoms with van der Waals surface area (Å²) in [6.07, 6.45) is 13.1. The minimum absolute atomic E-state index is 0.315. The van der Waals surface area contributed by atoms with Crippen molar-refractivity contribution in [2.24, 2.45) is 11.5 Å². The van der Waals surface area contributed by atoms with Gasteiger partial charge in [0.05, 0.1) is 6.33 Å². The molecule has 5 rings (SSSR count). The van der Waals surface area contributed by atoms with Gasteiger partial charge in [0.1, 0.15) is 0 Å². The van der Waals surface area contributed by atoms with E-state index < -0.39 is 0 Å². The maximum absolute atomic E-state index is 6.11. The molecule has 0 unspecified atom stereocenters. The third-order valence-electron chi connectivity index (χ3n) is 7.35. The van der Waals surface area contributed by atoms with E-state index >= 15 is 0 Å². The molecule has 0 saturated heterocycles. The van der Waals surface area contributed by atoms with E-state index in [1.807, 2.05) is 6.33 Å². The van der Waals surface area contributed by atoms with Crippen LogP contribution in [0, 0.1) is 0 Å². The Balaban J connectivity index is 1.37. The van der Waals surface area contributed by atoms with Gasteiger partial charge in [-0.1, -0.05) is 12.8 Å². The molecule has 9 nitrogen and oxygen atoms in total. The third kappa shape index (κ3) is 5.85. The zero-order chi connectivity index (χ0) is 24.0. The number of nitrogens with two attached hydrogens (primary N) is 2. The minimum atomic E-state index is 0.315. The van der Waals surface area contributed by atoms with Crippen LogP contribution < -0.4 is 27.4 Å². The summed E-state index contributed by atoms with van der Waals surface area (Å²) in [6.45, 7) is 1.66. The van der Waals surface area contributed by atoms with Crippen LogP contribution in [0.25, 0.3) is 11.2 Å². The van der Waals surface area contributed by atoms with E-state index in [2.05, 4.69) is 44.8 Å². The topological polar surface area (TPSA) is 132 Å². The molecule has 0 atom stereocenters. The quantitative estimate of drug-likeness (QED) is 0.269. The summed E-state index contributed by atoms with van der Waals surface area (Å²) in [5, 5.41) is 10.5. The minimum Gasteiger partial charge on any atom is -0.385 e. The van der Waals surface area contributed by atoms with E-state index in [1.165, 1.54) is 25.7 Å². The summed E-state index contributed by atoms with van der Waals surface area (Å²) in [4.78, 5) is 14.6. The normalized spacial score (nSPS) is 20.9. The second-order valence-electron chi connectivity index (χ2n) is 10.0. The van der Waals surface area contributed by atoms with E-state index in [0.29, 0.717) is 24.1 Å². The number of aromatic nitrogens is 4. The first-order valence-electron chi connectivity index (χ1n) is 13.3. The summed E-state index contributed by atoms with van der Waals surface area (Å²) in [6, 6.07) is 9.46. The highest BCUT2D eigenvalue weighted by atomic mass is 15.2. The van der Waals surface area contributed by atoms with Gasteiger partial charge < -0.3 is 32.0 Å². The molecule has 2 aliphatic rings. The third-order valence-corrected chi connectivity index (χ3v) is 7.35. The molecule has 188 valence electrons. The van der Waals surface area contributed by atoms with Crippen LogP contribution in [0.2, 0.25) is 0 Å². The molecule has 0 radical (unpaired) electrons. The van der Waals surface area contributed by atoms with Crippen LogP contribution in [0.15, 0.2) is 30.6 Å². The summed E-state index contributed by atoms with van der Waals surface area (Å²) in [5.74, 6) is 1.41. The Hall–Kier alpha value is -2.91. The summed E-state index contributed by atoms with van der Waals surface area (Å²) in [5.41, 5.74) is 15.5. The Morgan fingerprint density at radius 3 is 2.40 bits per heavy atom. The van der Waals surface area contributed by atoms with E-state index in [1.54, 1.807) is 0 Å². The summed E-state index contributed by atoms with van der Waals surface area (Å²) in [7, 11) is 0. The van der Waals surface area contributed by atoms with Gasteiger partial charge in [0.2, 0.25) is 5.95 Å². The van der Waals surface area contributed by atoms with E-state index in [4.69, 9.17) is 26.4 Å². The highest BCUT2D eigenvalue weighted by Crippen LogP contribution is 2.34. The zero-order valence-corrected chi connectivity index (χ0v) is 20.5. The number of nitrogens with zero attached hydrogens (tertiary/aromatic N) is 4. The van der Waals surface area contributed by atoms with Crippen LogP contribution in [-0.2, 0) is 0 Å². The Bertz CT molecular complexity index is 1080. The SMILES string of the molecule is NCCCCNc1ccc(Nc2nc(NC3CCC(N)CC3)nc3c2ncn3C2CCCC2)cc1. The number of rotatable bonds is 10. The van der Waals surface area contributed by atoms with Crippen molar-refractivity contribution in [2.45, 2.75) is 82.3 Å². The maximum Gasteiger partial charge on any atom is 0.227 e. The first kappa shape index (κ1) is 23.8. The van der Waals surface area contributed by atoms with Crippen molar-refractivity contribution in [3.8, 4) is 0 Å². The first-order valence-corrected chi connectivity index (χ1v) is 13.3. The van der Waals surface area contributed by atoms with Gasteiger partial charge in [0.25, 0.3) is 0 Å². The highest BCUT2D eigenvalue weighted by Gasteiger charge is 2.24. The van der Waals surface area contributed by atoms with E-state index in [0.717, 1.165) is 80.0 Å². The number of imidazole rings is 1. The van der Waals surface area contributed by atoms with Gasteiger partial charge >= 0.3 is 0 Å². The van der Waals surface area contributed by atoms with Crippen LogP contribution in [0.3, 0.4) is 0 Å². The van der Waals surface area contributed by atoms with Gasteiger partial charge in [0, 0.05) is 36.0 Å². The molecule has 2 aromatic heterocycles. The van der Waals surface area contributed by atoms with Crippen molar-refractivity contribution >= 4 is 34.3 Å². The van der Waals surface area contributed by atoms with Gasteiger partial charge in [-0.3, -0.25) is 0 Å². The predicted molar refractivity (Wildman–Crippen MR) is 143 cm³/mol. The largest absolute Gasteiger partial charge is 0.385 e. The maximum atomic E-state index is 6.11. The van der Waals surface area contributed by atoms with Crippen molar-refractivity contribution in [3.63, 3.8) is 0 Å². The van der Waals surface area contributed by atoms with Crippen LogP contribution >= 0.6 is 0 Å². The molecule has 2 fully saturated rings. The molecular weight excluding hydrogens is 438 g/mol. The first-order chi connectivity index (χ1) is 17.2. The van der Waals surface area contributed by atoms with Gasteiger partial charge in [-0.15, -0.1) is 0 Å². The average molecular weight is 478 g/mol. The van der Waals surface area contributed by atoms with Crippen LogP contribution in [0.1, 0.15) is 70.3 Å². The van der Waals surface area contributed by atoms with Crippen molar-refractivity contribution < 1.29 is 0 Å². The fraction of sp³-hybridized carbons (Fsp3) is 0.577. The molecular formula is C26H39N9. The molecule has 2 heterocycles.